The van der Waals surface area contributed by atoms with Crippen molar-refractivity contribution in [3.63, 3.8) is 0 Å². The summed E-state index contributed by atoms with van der Waals surface area (Å²) < 4.78 is 34.9. The van der Waals surface area contributed by atoms with Crippen LogP contribution in [-0.2, 0) is 16.6 Å². The average Bonchev–Trinajstić information content (AvgIpc) is 2.80. The first-order valence-electron chi connectivity index (χ1n) is 11.5. The van der Waals surface area contributed by atoms with Gasteiger partial charge in [0, 0.05) is 61.0 Å². The second-order valence-electron chi connectivity index (χ2n) is 9.27. The lowest BCUT2D eigenvalue weighted by Gasteiger charge is -2.37. The van der Waals surface area contributed by atoms with Gasteiger partial charge in [-0.2, -0.15) is 4.31 Å². The lowest BCUT2D eigenvalue weighted by Crippen LogP contribution is -2.49. The molecule has 1 aliphatic rings. The van der Waals surface area contributed by atoms with E-state index in [-0.39, 0.29) is 36.0 Å². The number of aliphatic hydroxyl groups is 1. The molecule has 9 heteroatoms. The zero-order valence-corrected chi connectivity index (χ0v) is 21.3. The van der Waals surface area contributed by atoms with Gasteiger partial charge in [0.15, 0.2) is 0 Å². The molecule has 0 bridgehead atoms. The average molecular weight is 487 g/mol. The molecule has 2 heterocycles. The molecule has 1 aromatic heterocycles. The Labute approximate surface area is 203 Å². The number of hydrogen-bond acceptors (Lipinski definition) is 7. The molecule has 0 fully saturated rings. The van der Waals surface area contributed by atoms with Crippen molar-refractivity contribution in [1.82, 2.24) is 19.2 Å². The maximum Gasteiger partial charge on any atom is 0.247 e. The molecular weight excluding hydrogens is 452 g/mol. The Morgan fingerprint density at radius 3 is 2.62 bits per heavy atom. The van der Waals surface area contributed by atoms with E-state index < -0.39 is 16.1 Å². The minimum absolute atomic E-state index is 0.0962. The highest BCUT2D eigenvalue weighted by atomic mass is 32.2. The summed E-state index contributed by atoms with van der Waals surface area (Å²) in [6.45, 7) is 8.87. The highest BCUT2D eigenvalue weighted by Crippen LogP contribution is 2.34. The first-order chi connectivity index (χ1) is 16.1. The van der Waals surface area contributed by atoms with Crippen molar-refractivity contribution in [2.45, 2.75) is 51.3 Å². The Balaban J connectivity index is 1.99. The van der Waals surface area contributed by atoms with Crippen molar-refractivity contribution >= 4 is 10.0 Å². The van der Waals surface area contributed by atoms with Gasteiger partial charge in [-0.25, -0.2) is 18.4 Å². The summed E-state index contributed by atoms with van der Waals surface area (Å²) in [6.07, 6.45) is 4.76. The third kappa shape index (κ3) is 6.33. The van der Waals surface area contributed by atoms with E-state index in [2.05, 4.69) is 26.7 Å². The van der Waals surface area contributed by atoms with E-state index in [0.717, 1.165) is 5.56 Å². The zero-order valence-electron chi connectivity index (χ0n) is 20.5. The van der Waals surface area contributed by atoms with Crippen LogP contribution in [0.3, 0.4) is 0 Å². The Morgan fingerprint density at radius 1 is 1.26 bits per heavy atom. The van der Waals surface area contributed by atoms with Gasteiger partial charge in [0.2, 0.25) is 10.0 Å². The summed E-state index contributed by atoms with van der Waals surface area (Å²) in [5, 5.41) is 9.78. The summed E-state index contributed by atoms with van der Waals surface area (Å²) in [5.41, 5.74) is 1.68. The number of nitrogens with zero attached hydrogens (tertiary/aromatic N) is 4. The van der Waals surface area contributed by atoms with Crippen molar-refractivity contribution in [2.75, 3.05) is 26.7 Å². The maximum atomic E-state index is 13.5. The Hall–Kier alpha value is -2.51. The summed E-state index contributed by atoms with van der Waals surface area (Å²) in [4.78, 5) is 10.3. The predicted octanol–water partition coefficient (Wildman–Crippen LogP) is 2.38. The molecule has 1 aliphatic heterocycles. The van der Waals surface area contributed by atoms with Crippen molar-refractivity contribution in [3.8, 4) is 17.6 Å². The van der Waals surface area contributed by atoms with Gasteiger partial charge in [0.25, 0.3) is 0 Å². The monoisotopic (exact) mass is 486 g/mol. The van der Waals surface area contributed by atoms with Gasteiger partial charge in [-0.05, 0) is 32.2 Å². The fourth-order valence-corrected chi connectivity index (χ4v) is 5.67. The number of hydrogen-bond donors (Lipinski definition) is 1. The van der Waals surface area contributed by atoms with Gasteiger partial charge < -0.3 is 9.84 Å². The van der Waals surface area contributed by atoms with Crippen LogP contribution in [0.1, 0.15) is 38.8 Å². The third-order valence-electron chi connectivity index (χ3n) is 5.73. The van der Waals surface area contributed by atoms with Gasteiger partial charge in [0.1, 0.15) is 23.1 Å². The van der Waals surface area contributed by atoms with Crippen LogP contribution in [0.15, 0.2) is 41.8 Å². The molecule has 0 saturated carbocycles. The molecule has 3 atom stereocenters. The van der Waals surface area contributed by atoms with Gasteiger partial charge >= 0.3 is 0 Å². The fourth-order valence-electron chi connectivity index (χ4n) is 3.84. The molecule has 1 N–H and O–H groups in total. The van der Waals surface area contributed by atoms with Gasteiger partial charge in [-0.3, -0.25) is 4.90 Å². The van der Waals surface area contributed by atoms with Crippen LogP contribution in [0.2, 0.25) is 0 Å². The minimum atomic E-state index is -3.87. The van der Waals surface area contributed by atoms with E-state index in [4.69, 9.17) is 4.74 Å². The second kappa shape index (κ2) is 11.3. The van der Waals surface area contributed by atoms with Crippen molar-refractivity contribution in [2.24, 2.45) is 11.8 Å². The molecule has 0 amide bonds. The molecule has 2 aromatic rings. The summed E-state index contributed by atoms with van der Waals surface area (Å²) >= 11 is 0. The molecule has 0 unspecified atom stereocenters. The lowest BCUT2D eigenvalue weighted by molar-refractivity contribution is 0.0733. The van der Waals surface area contributed by atoms with Crippen LogP contribution in [0.25, 0.3) is 0 Å². The Bertz CT molecular complexity index is 1130. The van der Waals surface area contributed by atoms with Crippen LogP contribution in [0.5, 0.6) is 5.75 Å². The standard InChI is InChI=1S/C25H34N4O4S/c1-18(2)6-7-21-8-9-25-23(10-21)33-24(15-28(5)14-22-11-26-17-27-12-22)19(3)13-29(20(4)16-30)34(25,31)32/h8-12,17-20,24,30H,13-16H2,1-5H3/t19-,20-,24+/m1/s1. The Kier molecular flexibility index (Phi) is 8.66. The Morgan fingerprint density at radius 2 is 1.97 bits per heavy atom. The van der Waals surface area contributed by atoms with Crippen molar-refractivity contribution in [1.29, 1.82) is 0 Å². The molecule has 0 spiro atoms. The number of sulfonamides is 1. The summed E-state index contributed by atoms with van der Waals surface area (Å²) in [7, 11) is -1.88. The second-order valence-corrected chi connectivity index (χ2v) is 11.1. The quantitative estimate of drug-likeness (QED) is 0.627. The number of ether oxygens (including phenoxy) is 1. The molecule has 0 aliphatic carbocycles. The van der Waals surface area contributed by atoms with Gasteiger partial charge in [-0.15, -0.1) is 0 Å². The zero-order chi connectivity index (χ0) is 24.9. The molecule has 0 radical (unpaired) electrons. The number of aliphatic hydroxyl groups excluding tert-OH is 1. The van der Waals surface area contributed by atoms with E-state index in [0.29, 0.717) is 24.4 Å². The topological polar surface area (TPSA) is 95.9 Å². The van der Waals surface area contributed by atoms with Crippen molar-refractivity contribution < 1.29 is 18.3 Å². The van der Waals surface area contributed by atoms with Crippen LogP contribution >= 0.6 is 0 Å². The number of benzene rings is 1. The normalized spacial score (nSPS) is 21.1. The smallest absolute Gasteiger partial charge is 0.247 e. The molecule has 3 rings (SSSR count). The van der Waals surface area contributed by atoms with E-state index in [9.17, 15) is 13.5 Å². The van der Waals surface area contributed by atoms with Gasteiger partial charge in [0.05, 0.1) is 6.61 Å². The first kappa shape index (κ1) is 26.1. The third-order valence-corrected chi connectivity index (χ3v) is 7.75. The fraction of sp³-hybridized carbons (Fsp3) is 0.520. The van der Waals surface area contributed by atoms with E-state index >= 15 is 0 Å². The maximum absolute atomic E-state index is 13.5. The summed E-state index contributed by atoms with van der Waals surface area (Å²) in [5.74, 6) is 6.57. The highest BCUT2D eigenvalue weighted by molar-refractivity contribution is 7.89. The number of likely N-dealkylation sites (N-methyl/N-ethyl adjacent to an activating group) is 1. The molecule has 0 saturated heterocycles. The number of aromatic nitrogens is 2. The lowest BCUT2D eigenvalue weighted by atomic mass is 10.0. The van der Waals surface area contributed by atoms with Crippen LogP contribution in [0.4, 0.5) is 0 Å². The van der Waals surface area contributed by atoms with Crippen LogP contribution in [0, 0.1) is 23.7 Å². The first-order valence-corrected chi connectivity index (χ1v) is 12.9. The summed E-state index contributed by atoms with van der Waals surface area (Å²) in [6, 6.07) is 4.42. The highest BCUT2D eigenvalue weighted by Gasteiger charge is 2.38. The van der Waals surface area contributed by atoms with Crippen LogP contribution in [-0.4, -0.2) is 71.6 Å². The largest absolute Gasteiger partial charge is 0.487 e. The molecule has 8 nitrogen and oxygen atoms in total. The molecule has 1 aromatic carbocycles. The number of rotatable bonds is 6. The van der Waals surface area contributed by atoms with E-state index in [1.165, 1.54) is 10.6 Å². The molecule has 184 valence electrons. The minimum Gasteiger partial charge on any atom is -0.487 e. The number of fused-ring (bicyclic) bond motifs is 1. The molecule has 34 heavy (non-hydrogen) atoms. The predicted molar refractivity (Wildman–Crippen MR) is 131 cm³/mol. The van der Waals surface area contributed by atoms with E-state index in [1.54, 1.807) is 37.5 Å². The van der Waals surface area contributed by atoms with Crippen molar-refractivity contribution in [3.05, 3.63) is 48.0 Å². The van der Waals surface area contributed by atoms with Gasteiger partial charge in [-0.1, -0.05) is 32.6 Å². The van der Waals surface area contributed by atoms with Crippen LogP contribution < -0.4 is 4.74 Å². The molecular formula is C25H34N4O4S. The SMILES string of the molecule is CC(C)C#Cc1ccc2c(c1)O[C@@H](CN(C)Cc1cncnc1)[C@H](C)CN([C@H](C)CO)S2(=O)=O. The van der Waals surface area contributed by atoms with E-state index in [1.807, 2.05) is 27.8 Å².